The van der Waals surface area contributed by atoms with Crippen LogP contribution < -0.4 is 15.5 Å². The summed E-state index contributed by atoms with van der Waals surface area (Å²) in [6, 6.07) is 14.8. The SMILES string of the molecule is CC(C)(C)c1ccc([C@]2(C)NC(=O)N(CC(=O)Nc3ccc(N4CCCCC4)cc3)C2=O)cc1. The number of nitrogens with zero attached hydrogens (tertiary/aromatic N) is 2. The zero-order chi connectivity index (χ0) is 24.5. The van der Waals surface area contributed by atoms with E-state index >= 15 is 0 Å². The van der Waals surface area contributed by atoms with Crippen molar-refractivity contribution in [1.29, 1.82) is 0 Å². The first kappa shape index (κ1) is 23.8. The van der Waals surface area contributed by atoms with Gasteiger partial charge in [-0.1, -0.05) is 45.0 Å². The number of benzene rings is 2. The summed E-state index contributed by atoms with van der Waals surface area (Å²) in [5.74, 6) is -0.849. The summed E-state index contributed by atoms with van der Waals surface area (Å²) < 4.78 is 0. The fourth-order valence-electron chi connectivity index (χ4n) is 4.59. The maximum atomic E-state index is 13.2. The van der Waals surface area contributed by atoms with Crippen LogP contribution in [0.5, 0.6) is 0 Å². The Kier molecular flexibility index (Phi) is 6.39. The highest BCUT2D eigenvalue weighted by Gasteiger charge is 2.49. The lowest BCUT2D eigenvalue weighted by atomic mass is 9.84. The summed E-state index contributed by atoms with van der Waals surface area (Å²) in [5.41, 5.74) is 2.38. The van der Waals surface area contributed by atoms with E-state index in [1.54, 1.807) is 6.92 Å². The summed E-state index contributed by atoms with van der Waals surface area (Å²) in [7, 11) is 0. The fourth-order valence-corrected chi connectivity index (χ4v) is 4.59. The van der Waals surface area contributed by atoms with E-state index in [9.17, 15) is 14.4 Å². The molecule has 7 heteroatoms. The molecule has 0 unspecified atom stereocenters. The van der Waals surface area contributed by atoms with E-state index < -0.39 is 23.4 Å². The van der Waals surface area contributed by atoms with E-state index in [1.807, 2.05) is 48.5 Å². The van der Waals surface area contributed by atoms with Crippen molar-refractivity contribution in [2.75, 3.05) is 29.9 Å². The molecule has 0 radical (unpaired) electrons. The van der Waals surface area contributed by atoms with E-state index in [0.717, 1.165) is 29.2 Å². The maximum Gasteiger partial charge on any atom is 0.325 e. The minimum Gasteiger partial charge on any atom is -0.372 e. The number of hydrogen-bond acceptors (Lipinski definition) is 4. The van der Waals surface area contributed by atoms with Gasteiger partial charge >= 0.3 is 6.03 Å². The molecule has 2 heterocycles. The van der Waals surface area contributed by atoms with Crippen LogP contribution in [0.4, 0.5) is 16.2 Å². The quantitative estimate of drug-likeness (QED) is 0.646. The number of rotatable bonds is 5. The van der Waals surface area contributed by atoms with Gasteiger partial charge in [0.05, 0.1) is 0 Å². The van der Waals surface area contributed by atoms with E-state index in [4.69, 9.17) is 0 Å². The zero-order valence-corrected chi connectivity index (χ0v) is 20.5. The molecule has 4 amide bonds. The summed E-state index contributed by atoms with van der Waals surface area (Å²) in [5, 5.41) is 5.57. The molecule has 2 aliphatic heterocycles. The first-order chi connectivity index (χ1) is 16.1. The van der Waals surface area contributed by atoms with Crippen molar-refractivity contribution in [3.63, 3.8) is 0 Å². The van der Waals surface area contributed by atoms with Gasteiger partial charge in [-0.2, -0.15) is 0 Å². The van der Waals surface area contributed by atoms with Crippen molar-refractivity contribution in [2.45, 2.75) is 57.9 Å². The number of anilines is 2. The van der Waals surface area contributed by atoms with Gasteiger partial charge in [0.2, 0.25) is 5.91 Å². The molecule has 0 aromatic heterocycles. The largest absolute Gasteiger partial charge is 0.372 e. The summed E-state index contributed by atoms with van der Waals surface area (Å²) >= 11 is 0. The predicted octanol–water partition coefficient (Wildman–Crippen LogP) is 4.38. The fraction of sp³-hybridized carbons (Fsp3) is 0.444. The van der Waals surface area contributed by atoms with Gasteiger partial charge in [0, 0.05) is 24.5 Å². The first-order valence-corrected chi connectivity index (χ1v) is 12.0. The molecule has 0 saturated carbocycles. The van der Waals surface area contributed by atoms with Crippen molar-refractivity contribution < 1.29 is 14.4 Å². The molecule has 34 heavy (non-hydrogen) atoms. The molecule has 0 aliphatic carbocycles. The predicted molar refractivity (Wildman–Crippen MR) is 134 cm³/mol. The molecular weight excluding hydrogens is 428 g/mol. The number of piperidine rings is 1. The Labute approximate surface area is 201 Å². The Morgan fingerprint density at radius 3 is 2.18 bits per heavy atom. The minimum absolute atomic E-state index is 0.0154. The van der Waals surface area contributed by atoms with Crippen LogP contribution in [0.25, 0.3) is 0 Å². The highest BCUT2D eigenvalue weighted by Crippen LogP contribution is 2.31. The van der Waals surface area contributed by atoms with Crippen molar-refractivity contribution in [3.8, 4) is 0 Å². The molecule has 0 spiro atoms. The van der Waals surface area contributed by atoms with E-state index in [0.29, 0.717) is 11.3 Å². The molecule has 2 saturated heterocycles. The summed E-state index contributed by atoms with van der Waals surface area (Å²) in [4.78, 5) is 41.8. The Morgan fingerprint density at radius 1 is 0.971 bits per heavy atom. The molecule has 2 aromatic carbocycles. The molecule has 180 valence electrons. The Bertz CT molecular complexity index is 1070. The molecule has 1 atom stereocenters. The van der Waals surface area contributed by atoms with E-state index in [-0.39, 0.29) is 12.0 Å². The van der Waals surface area contributed by atoms with Gasteiger partial charge in [-0.05, 0) is 67.0 Å². The first-order valence-electron chi connectivity index (χ1n) is 12.0. The normalized spacial score (nSPS) is 20.9. The third-order valence-electron chi connectivity index (χ3n) is 6.78. The van der Waals surface area contributed by atoms with Crippen molar-refractivity contribution in [3.05, 3.63) is 59.7 Å². The average Bonchev–Trinajstić information content (AvgIpc) is 3.03. The summed E-state index contributed by atoms with van der Waals surface area (Å²) in [6.45, 7) is 9.80. The number of nitrogens with one attached hydrogen (secondary N) is 2. The molecule has 2 fully saturated rings. The van der Waals surface area contributed by atoms with Crippen LogP contribution in [0.1, 0.15) is 58.1 Å². The number of imide groups is 1. The van der Waals surface area contributed by atoms with E-state index in [1.165, 1.54) is 19.3 Å². The highest BCUT2D eigenvalue weighted by atomic mass is 16.2. The topological polar surface area (TPSA) is 81.8 Å². The minimum atomic E-state index is -1.20. The van der Waals surface area contributed by atoms with Gasteiger partial charge in [0.15, 0.2) is 0 Å². The third-order valence-corrected chi connectivity index (χ3v) is 6.78. The van der Waals surface area contributed by atoms with Crippen molar-refractivity contribution >= 4 is 29.2 Å². The van der Waals surface area contributed by atoms with Crippen LogP contribution in [0.15, 0.2) is 48.5 Å². The van der Waals surface area contributed by atoms with Gasteiger partial charge in [-0.25, -0.2) is 4.79 Å². The van der Waals surface area contributed by atoms with Crippen molar-refractivity contribution in [1.82, 2.24) is 10.2 Å². The van der Waals surface area contributed by atoms with E-state index in [2.05, 4.69) is 36.3 Å². The highest BCUT2D eigenvalue weighted by molar-refractivity contribution is 6.10. The molecular formula is C27H34N4O3. The standard InChI is InChI=1S/C27H34N4O3/c1-26(2,3)19-8-10-20(11-9-19)27(4)24(33)31(25(34)29-27)18-23(32)28-21-12-14-22(15-13-21)30-16-6-5-7-17-30/h8-15H,5-7,16-18H2,1-4H3,(H,28,32)(H,29,34)/t27-/m0/s1. The second-order valence-corrected chi connectivity index (χ2v) is 10.4. The summed E-state index contributed by atoms with van der Waals surface area (Å²) in [6.07, 6.45) is 3.67. The number of amides is 4. The molecule has 4 rings (SSSR count). The molecule has 0 bridgehead atoms. The number of hydrogen-bond donors (Lipinski definition) is 2. The third kappa shape index (κ3) is 4.79. The second-order valence-electron chi connectivity index (χ2n) is 10.4. The van der Waals surface area contributed by atoms with Gasteiger partial charge < -0.3 is 15.5 Å². The molecule has 7 nitrogen and oxygen atoms in total. The van der Waals surface area contributed by atoms with Crippen LogP contribution in [0.2, 0.25) is 0 Å². The monoisotopic (exact) mass is 462 g/mol. The average molecular weight is 463 g/mol. The number of urea groups is 1. The lowest BCUT2D eigenvalue weighted by molar-refractivity contribution is -0.133. The van der Waals surface area contributed by atoms with Crippen LogP contribution >= 0.6 is 0 Å². The van der Waals surface area contributed by atoms with Crippen molar-refractivity contribution in [2.24, 2.45) is 0 Å². The number of carbonyl (C=O) groups is 3. The smallest absolute Gasteiger partial charge is 0.325 e. The van der Waals surface area contributed by atoms with Gasteiger partial charge in [0.1, 0.15) is 12.1 Å². The zero-order valence-electron chi connectivity index (χ0n) is 20.5. The lowest BCUT2D eigenvalue weighted by Crippen LogP contribution is -2.42. The Hall–Kier alpha value is -3.35. The van der Waals surface area contributed by atoms with Crippen LogP contribution in [-0.4, -0.2) is 42.4 Å². The second kappa shape index (κ2) is 9.12. The van der Waals surface area contributed by atoms with Gasteiger partial charge in [-0.3, -0.25) is 14.5 Å². The van der Waals surface area contributed by atoms with Gasteiger partial charge in [0.25, 0.3) is 5.91 Å². The maximum absolute atomic E-state index is 13.2. The van der Waals surface area contributed by atoms with Crippen LogP contribution in [-0.2, 0) is 20.5 Å². The van der Waals surface area contributed by atoms with Crippen LogP contribution in [0, 0.1) is 0 Å². The van der Waals surface area contributed by atoms with Crippen LogP contribution in [0.3, 0.4) is 0 Å². The Morgan fingerprint density at radius 2 is 1.59 bits per heavy atom. The molecule has 2 N–H and O–H groups in total. The molecule has 2 aromatic rings. The lowest BCUT2D eigenvalue weighted by Gasteiger charge is -2.28. The van der Waals surface area contributed by atoms with Gasteiger partial charge in [-0.15, -0.1) is 0 Å². The number of carbonyl (C=O) groups excluding carboxylic acids is 3. The molecule has 2 aliphatic rings. The Balaban J connectivity index is 1.40.